The van der Waals surface area contributed by atoms with Crippen LogP contribution in [0.15, 0.2) is 43.0 Å². The Hall–Kier alpha value is -3.64. The quantitative estimate of drug-likeness (QED) is 0.608. The molecular formula is C24H23N5O3S. The molecule has 1 fully saturated rings. The van der Waals surface area contributed by atoms with Gasteiger partial charge in [-0.2, -0.15) is 5.26 Å². The number of nitrogens with one attached hydrogen (secondary N) is 1. The molecular weight excluding hydrogens is 438 g/mol. The van der Waals surface area contributed by atoms with Crippen LogP contribution >= 0.6 is 11.3 Å². The van der Waals surface area contributed by atoms with Gasteiger partial charge in [0.25, 0.3) is 0 Å². The first-order valence-corrected chi connectivity index (χ1v) is 11.6. The van der Waals surface area contributed by atoms with Crippen molar-refractivity contribution in [3.63, 3.8) is 0 Å². The molecule has 2 unspecified atom stereocenters. The maximum absolute atomic E-state index is 13.0. The Morgan fingerprint density at radius 3 is 2.97 bits per heavy atom. The Labute approximate surface area is 195 Å². The van der Waals surface area contributed by atoms with Gasteiger partial charge in [-0.15, -0.1) is 11.3 Å². The number of anilines is 1. The fourth-order valence-corrected chi connectivity index (χ4v) is 5.68. The van der Waals surface area contributed by atoms with E-state index in [-0.39, 0.29) is 30.2 Å². The summed E-state index contributed by atoms with van der Waals surface area (Å²) in [5.41, 5.74) is 2.51. The van der Waals surface area contributed by atoms with Crippen LogP contribution in [0.2, 0.25) is 0 Å². The van der Waals surface area contributed by atoms with Crippen molar-refractivity contribution in [1.29, 1.82) is 5.26 Å². The lowest BCUT2D eigenvalue weighted by Gasteiger charge is -2.27. The number of benzene rings is 1. The van der Waals surface area contributed by atoms with Gasteiger partial charge in [0.1, 0.15) is 23.4 Å². The van der Waals surface area contributed by atoms with Gasteiger partial charge in [0.2, 0.25) is 11.8 Å². The summed E-state index contributed by atoms with van der Waals surface area (Å²) in [6.07, 6.45) is 6.39. The van der Waals surface area contributed by atoms with Crippen LogP contribution < -0.4 is 10.1 Å². The highest BCUT2D eigenvalue weighted by Crippen LogP contribution is 2.51. The monoisotopic (exact) mass is 461 g/mol. The van der Waals surface area contributed by atoms with Crippen LogP contribution in [0.25, 0.3) is 0 Å². The average molecular weight is 462 g/mol. The highest BCUT2D eigenvalue weighted by Gasteiger charge is 2.45. The van der Waals surface area contributed by atoms with Gasteiger partial charge in [0.15, 0.2) is 0 Å². The number of para-hydroxylation sites is 1. The smallest absolute Gasteiger partial charge is 0.242 e. The third-order valence-corrected chi connectivity index (χ3v) is 7.43. The number of methoxy groups -OCH3 is 1. The average Bonchev–Trinajstić information content (AvgIpc) is 3.32. The Balaban J connectivity index is 1.28. The van der Waals surface area contributed by atoms with Crippen molar-refractivity contribution in [2.45, 2.75) is 31.8 Å². The summed E-state index contributed by atoms with van der Waals surface area (Å²) in [6.45, 7) is 1.24. The molecule has 3 heterocycles. The topological polar surface area (TPSA) is 100 Å². The zero-order chi connectivity index (χ0) is 22.9. The van der Waals surface area contributed by atoms with Gasteiger partial charge in [-0.1, -0.05) is 18.2 Å². The summed E-state index contributed by atoms with van der Waals surface area (Å²) in [4.78, 5) is 32.4. The molecule has 1 aromatic carbocycles. The number of amides is 2. The second-order valence-corrected chi connectivity index (χ2v) is 9.41. The van der Waals surface area contributed by atoms with Gasteiger partial charge < -0.3 is 19.5 Å². The molecule has 9 heteroatoms. The molecule has 2 aliphatic rings. The molecule has 8 nitrogen and oxygen atoms in total. The van der Waals surface area contributed by atoms with E-state index in [1.54, 1.807) is 35.3 Å². The molecule has 3 aromatic rings. The van der Waals surface area contributed by atoms with E-state index in [0.29, 0.717) is 30.1 Å². The second kappa shape index (κ2) is 8.71. The fraction of sp³-hybridized carbons (Fsp3) is 0.333. The molecule has 0 radical (unpaired) electrons. The SMILES string of the molecule is COc1ccccc1C1CC1C(=O)Nc1sc2c(c1C#N)CCN(C(=O)Cn1ccnc1)C2. The van der Waals surface area contributed by atoms with Gasteiger partial charge in [0, 0.05) is 29.7 Å². The highest BCUT2D eigenvalue weighted by atomic mass is 32.1. The van der Waals surface area contributed by atoms with Gasteiger partial charge in [0.05, 0.1) is 25.5 Å². The Morgan fingerprint density at radius 2 is 2.21 bits per heavy atom. The second-order valence-electron chi connectivity index (χ2n) is 8.30. The van der Waals surface area contributed by atoms with E-state index in [1.165, 1.54) is 11.3 Å². The summed E-state index contributed by atoms with van der Waals surface area (Å²) in [5.74, 6) is 0.711. The molecule has 33 heavy (non-hydrogen) atoms. The minimum absolute atomic E-state index is 0.00812. The van der Waals surface area contributed by atoms with E-state index in [4.69, 9.17) is 4.74 Å². The number of carbonyl (C=O) groups excluding carboxylic acids is 2. The first kappa shape index (κ1) is 21.2. The number of nitriles is 1. The number of hydrogen-bond donors (Lipinski definition) is 1. The number of hydrogen-bond acceptors (Lipinski definition) is 6. The lowest BCUT2D eigenvalue weighted by atomic mass is 10.0. The van der Waals surface area contributed by atoms with E-state index in [0.717, 1.165) is 28.2 Å². The van der Waals surface area contributed by atoms with Crippen LogP contribution in [-0.4, -0.2) is 39.9 Å². The molecule has 0 saturated heterocycles. The van der Waals surface area contributed by atoms with E-state index >= 15 is 0 Å². The molecule has 2 amide bonds. The summed E-state index contributed by atoms with van der Waals surface area (Å²) in [7, 11) is 1.63. The van der Waals surface area contributed by atoms with Crippen LogP contribution in [-0.2, 0) is 29.1 Å². The molecule has 0 spiro atoms. The third-order valence-electron chi connectivity index (χ3n) is 6.30. The zero-order valence-corrected chi connectivity index (χ0v) is 19.0. The Morgan fingerprint density at radius 1 is 1.36 bits per heavy atom. The number of carbonyl (C=O) groups is 2. The molecule has 5 rings (SSSR count). The number of rotatable bonds is 6. The summed E-state index contributed by atoms with van der Waals surface area (Å²) in [6, 6.07) is 10.0. The molecule has 168 valence electrons. The normalized spacial score (nSPS) is 18.8. The van der Waals surface area contributed by atoms with Crippen LogP contribution in [0, 0.1) is 17.2 Å². The lowest BCUT2D eigenvalue weighted by Crippen LogP contribution is -2.37. The minimum atomic E-state index is -0.139. The molecule has 2 atom stereocenters. The minimum Gasteiger partial charge on any atom is -0.496 e. The predicted octanol–water partition coefficient (Wildman–Crippen LogP) is 3.15. The van der Waals surface area contributed by atoms with Gasteiger partial charge in [-0.05, 0) is 36.0 Å². The van der Waals surface area contributed by atoms with Gasteiger partial charge >= 0.3 is 0 Å². The summed E-state index contributed by atoms with van der Waals surface area (Å²) >= 11 is 1.40. The van der Waals surface area contributed by atoms with E-state index < -0.39 is 0 Å². The Kier molecular flexibility index (Phi) is 5.60. The van der Waals surface area contributed by atoms with Crippen molar-refractivity contribution in [1.82, 2.24) is 14.5 Å². The van der Waals surface area contributed by atoms with Crippen molar-refractivity contribution < 1.29 is 14.3 Å². The third kappa shape index (κ3) is 4.10. The van der Waals surface area contributed by atoms with Crippen LogP contribution in [0.5, 0.6) is 5.75 Å². The molecule has 1 N–H and O–H groups in total. The number of fused-ring (bicyclic) bond motifs is 1. The number of nitrogens with zero attached hydrogens (tertiary/aromatic N) is 4. The standard InChI is InChI=1S/C24H23N5O3S/c1-32-20-5-3-2-4-15(20)17-10-18(17)23(31)27-24-19(11-25)16-6-8-29(12-21(16)33-24)22(30)13-28-9-7-26-14-28/h2-5,7,9,14,17-18H,6,8,10,12-13H2,1H3,(H,27,31). The van der Waals surface area contributed by atoms with Crippen LogP contribution in [0.1, 0.15) is 33.9 Å². The summed E-state index contributed by atoms with van der Waals surface area (Å²) < 4.78 is 7.18. The maximum Gasteiger partial charge on any atom is 0.242 e. The molecule has 1 aliphatic carbocycles. The molecule has 1 aliphatic heterocycles. The maximum atomic E-state index is 13.0. The van der Waals surface area contributed by atoms with E-state index in [9.17, 15) is 14.9 Å². The number of aromatic nitrogens is 2. The van der Waals surface area contributed by atoms with Gasteiger partial charge in [-0.25, -0.2) is 4.98 Å². The largest absolute Gasteiger partial charge is 0.496 e. The molecule has 0 bridgehead atoms. The fourth-order valence-electron chi connectivity index (χ4n) is 4.47. The van der Waals surface area contributed by atoms with Crippen molar-refractivity contribution in [3.8, 4) is 11.8 Å². The Bertz CT molecular complexity index is 1240. The highest BCUT2D eigenvalue weighted by molar-refractivity contribution is 7.16. The van der Waals surface area contributed by atoms with Crippen molar-refractivity contribution in [3.05, 3.63) is 64.6 Å². The van der Waals surface area contributed by atoms with Crippen molar-refractivity contribution in [2.75, 3.05) is 19.0 Å². The number of ether oxygens (including phenoxy) is 1. The first-order valence-electron chi connectivity index (χ1n) is 10.8. The zero-order valence-electron chi connectivity index (χ0n) is 18.2. The van der Waals surface area contributed by atoms with E-state index in [2.05, 4.69) is 16.4 Å². The van der Waals surface area contributed by atoms with Crippen molar-refractivity contribution in [2.24, 2.45) is 5.92 Å². The summed E-state index contributed by atoms with van der Waals surface area (Å²) in [5, 5.41) is 13.4. The number of imidazole rings is 1. The van der Waals surface area contributed by atoms with Crippen LogP contribution in [0.4, 0.5) is 5.00 Å². The van der Waals surface area contributed by atoms with Crippen LogP contribution in [0.3, 0.4) is 0 Å². The lowest BCUT2D eigenvalue weighted by molar-refractivity contribution is -0.132. The number of thiophene rings is 1. The molecule has 1 saturated carbocycles. The van der Waals surface area contributed by atoms with E-state index in [1.807, 2.05) is 24.3 Å². The van der Waals surface area contributed by atoms with Crippen molar-refractivity contribution >= 4 is 28.2 Å². The van der Waals surface area contributed by atoms with Gasteiger partial charge in [-0.3, -0.25) is 9.59 Å². The predicted molar refractivity (Wildman–Crippen MR) is 123 cm³/mol. The first-order chi connectivity index (χ1) is 16.1. The molecule has 2 aromatic heterocycles.